The van der Waals surface area contributed by atoms with Crippen LogP contribution in [0.15, 0.2) is 48.5 Å². The number of hydrogen-bond donors (Lipinski definition) is 1. The van der Waals surface area contributed by atoms with Crippen LogP contribution in [0, 0.1) is 12.8 Å². The predicted molar refractivity (Wildman–Crippen MR) is 96.0 cm³/mol. The van der Waals surface area contributed by atoms with Gasteiger partial charge in [-0.05, 0) is 48.9 Å². The van der Waals surface area contributed by atoms with Crippen LogP contribution in [0.2, 0.25) is 0 Å². The second kappa shape index (κ2) is 6.33. The van der Waals surface area contributed by atoms with Gasteiger partial charge < -0.3 is 5.32 Å². The first-order valence-corrected chi connectivity index (χ1v) is 9.44. The summed E-state index contributed by atoms with van der Waals surface area (Å²) < 4.78 is 25.0. The maximum Gasteiger partial charge on any atom is 0.255 e. The molecule has 2 aromatic carbocycles. The van der Waals surface area contributed by atoms with Crippen LogP contribution in [0.25, 0.3) is 0 Å². The lowest BCUT2D eigenvalue weighted by molar-refractivity contribution is -0.119. The van der Waals surface area contributed by atoms with Crippen molar-refractivity contribution < 1.29 is 18.0 Å². The van der Waals surface area contributed by atoms with E-state index in [-0.39, 0.29) is 17.3 Å². The third-order valence-corrected chi connectivity index (χ3v) is 5.87. The molecule has 6 nitrogen and oxygen atoms in total. The molecule has 130 valence electrons. The fourth-order valence-electron chi connectivity index (χ4n) is 2.76. The Kier molecular flexibility index (Phi) is 4.34. The quantitative estimate of drug-likeness (QED) is 0.914. The van der Waals surface area contributed by atoms with Gasteiger partial charge in [-0.3, -0.25) is 9.59 Å². The van der Waals surface area contributed by atoms with Gasteiger partial charge in [-0.15, -0.1) is 0 Å². The number of carbonyl (C=O) groups excluding carboxylic acids is 2. The number of hydrogen-bond acceptors (Lipinski definition) is 4. The second-order valence-corrected chi connectivity index (χ2v) is 8.02. The van der Waals surface area contributed by atoms with E-state index in [0.717, 1.165) is 9.87 Å². The van der Waals surface area contributed by atoms with Gasteiger partial charge in [0.1, 0.15) is 0 Å². The minimum absolute atomic E-state index is 0.193. The number of anilines is 2. The zero-order chi connectivity index (χ0) is 18.2. The highest BCUT2D eigenvalue weighted by molar-refractivity contribution is 7.94. The lowest BCUT2D eigenvalue weighted by Gasteiger charge is -2.15. The highest BCUT2D eigenvalue weighted by Crippen LogP contribution is 2.28. The molecule has 1 atom stereocenters. The van der Waals surface area contributed by atoms with Crippen LogP contribution in [0.4, 0.5) is 11.4 Å². The minimum Gasteiger partial charge on any atom is -0.322 e. The normalized spacial score (nSPS) is 19.0. The fraction of sp³-hybridized carbons (Fsp3) is 0.222. The number of rotatable bonds is 3. The van der Waals surface area contributed by atoms with Gasteiger partial charge in [-0.25, -0.2) is 12.7 Å². The topological polar surface area (TPSA) is 83.6 Å². The highest BCUT2D eigenvalue weighted by atomic mass is 32.2. The van der Waals surface area contributed by atoms with Gasteiger partial charge in [-0.1, -0.05) is 19.1 Å². The van der Waals surface area contributed by atoms with E-state index in [1.807, 2.05) is 25.1 Å². The second-order valence-electron chi connectivity index (χ2n) is 6.15. The number of aryl methyl sites for hydroxylation is 1. The monoisotopic (exact) mass is 358 g/mol. The molecule has 7 heteroatoms. The van der Waals surface area contributed by atoms with Crippen molar-refractivity contribution in [2.45, 2.75) is 13.8 Å². The summed E-state index contributed by atoms with van der Waals surface area (Å²) in [7, 11) is -3.64. The Bertz CT molecular complexity index is 936. The SMILES string of the molecule is Cc1cccc(NC(=O)c2ccc(N3C(=O)[C@@H](C)CS3(=O)=O)cc2)c1. The first kappa shape index (κ1) is 17.2. The van der Waals surface area contributed by atoms with Crippen LogP contribution in [0.5, 0.6) is 0 Å². The molecule has 3 rings (SSSR count). The van der Waals surface area contributed by atoms with E-state index in [9.17, 15) is 18.0 Å². The van der Waals surface area contributed by atoms with Crippen LogP contribution in [-0.2, 0) is 14.8 Å². The first-order valence-electron chi connectivity index (χ1n) is 7.83. The van der Waals surface area contributed by atoms with Gasteiger partial charge in [0.05, 0.1) is 17.4 Å². The molecule has 2 aromatic rings. The molecule has 0 spiro atoms. The van der Waals surface area contributed by atoms with E-state index >= 15 is 0 Å². The lowest BCUT2D eigenvalue weighted by atomic mass is 10.1. The summed E-state index contributed by atoms with van der Waals surface area (Å²) >= 11 is 0. The molecule has 1 aliphatic rings. The predicted octanol–water partition coefficient (Wildman–Crippen LogP) is 2.56. The summed E-state index contributed by atoms with van der Waals surface area (Å²) in [5.74, 6) is -1.51. The number of benzene rings is 2. The van der Waals surface area contributed by atoms with Crippen LogP contribution in [-0.4, -0.2) is 26.0 Å². The molecule has 0 aliphatic carbocycles. The summed E-state index contributed by atoms with van der Waals surface area (Å²) in [6, 6.07) is 13.4. The Balaban J connectivity index is 1.81. The Labute approximate surface area is 146 Å². The summed E-state index contributed by atoms with van der Waals surface area (Å²) in [6.45, 7) is 3.52. The van der Waals surface area contributed by atoms with Crippen molar-refractivity contribution in [3.05, 3.63) is 59.7 Å². The summed E-state index contributed by atoms with van der Waals surface area (Å²) in [5, 5.41) is 2.78. The Morgan fingerprint density at radius 2 is 1.84 bits per heavy atom. The van der Waals surface area contributed by atoms with E-state index in [0.29, 0.717) is 11.3 Å². The van der Waals surface area contributed by atoms with Gasteiger partial charge in [0, 0.05) is 11.3 Å². The average Bonchev–Trinajstić information content (AvgIpc) is 2.75. The largest absolute Gasteiger partial charge is 0.322 e. The molecule has 0 unspecified atom stereocenters. The Hall–Kier alpha value is -2.67. The summed E-state index contributed by atoms with van der Waals surface area (Å²) in [6.07, 6.45) is 0. The first-order chi connectivity index (χ1) is 11.8. The molecule has 0 aromatic heterocycles. The van der Waals surface area contributed by atoms with Crippen molar-refractivity contribution in [2.75, 3.05) is 15.4 Å². The van der Waals surface area contributed by atoms with Crippen molar-refractivity contribution >= 4 is 33.2 Å². The average molecular weight is 358 g/mol. The van der Waals surface area contributed by atoms with Gasteiger partial charge in [0.15, 0.2) is 0 Å². The van der Waals surface area contributed by atoms with Gasteiger partial charge in [-0.2, -0.15) is 0 Å². The van der Waals surface area contributed by atoms with E-state index in [2.05, 4.69) is 5.32 Å². The maximum atomic E-state index is 12.3. The molecule has 1 fully saturated rings. The highest BCUT2D eigenvalue weighted by Gasteiger charge is 2.41. The third kappa shape index (κ3) is 3.41. The number of amides is 2. The summed E-state index contributed by atoms with van der Waals surface area (Å²) in [5.41, 5.74) is 2.34. The third-order valence-electron chi connectivity index (χ3n) is 4.00. The molecule has 1 N–H and O–H groups in total. The number of nitrogens with one attached hydrogen (secondary N) is 1. The fourth-order valence-corrected chi connectivity index (χ4v) is 4.58. The molecule has 1 heterocycles. The van der Waals surface area contributed by atoms with Gasteiger partial charge in [0.2, 0.25) is 15.9 Å². The molecular weight excluding hydrogens is 340 g/mol. The van der Waals surface area contributed by atoms with Crippen molar-refractivity contribution in [1.82, 2.24) is 0 Å². The maximum absolute atomic E-state index is 12.3. The molecular formula is C18H18N2O4S. The van der Waals surface area contributed by atoms with E-state index in [1.165, 1.54) is 24.3 Å². The van der Waals surface area contributed by atoms with Crippen molar-refractivity contribution in [2.24, 2.45) is 5.92 Å². The number of sulfonamides is 1. The van der Waals surface area contributed by atoms with Crippen molar-refractivity contribution in [3.8, 4) is 0 Å². The molecule has 25 heavy (non-hydrogen) atoms. The van der Waals surface area contributed by atoms with Crippen LogP contribution >= 0.6 is 0 Å². The number of carbonyl (C=O) groups is 2. The van der Waals surface area contributed by atoms with E-state index < -0.39 is 21.8 Å². The molecule has 0 saturated carbocycles. The molecule has 2 amide bonds. The standard InChI is InChI=1S/C18H18N2O4S/c1-12-4-3-5-15(10-12)19-17(21)14-6-8-16(9-7-14)20-18(22)13(2)11-25(20,23)24/h3-10,13H,11H2,1-2H3,(H,19,21)/t13-/m0/s1. The molecule has 0 radical (unpaired) electrons. The Morgan fingerprint density at radius 3 is 2.40 bits per heavy atom. The van der Waals surface area contributed by atoms with Crippen molar-refractivity contribution in [1.29, 1.82) is 0 Å². The van der Waals surface area contributed by atoms with Crippen molar-refractivity contribution in [3.63, 3.8) is 0 Å². The zero-order valence-electron chi connectivity index (χ0n) is 13.9. The van der Waals surface area contributed by atoms with E-state index in [1.54, 1.807) is 13.0 Å². The van der Waals surface area contributed by atoms with Crippen LogP contribution < -0.4 is 9.62 Å². The molecule has 1 saturated heterocycles. The van der Waals surface area contributed by atoms with E-state index in [4.69, 9.17) is 0 Å². The lowest BCUT2D eigenvalue weighted by Crippen LogP contribution is -2.30. The Morgan fingerprint density at radius 1 is 1.16 bits per heavy atom. The zero-order valence-corrected chi connectivity index (χ0v) is 14.7. The van der Waals surface area contributed by atoms with Crippen LogP contribution in [0.3, 0.4) is 0 Å². The minimum atomic E-state index is -3.64. The molecule has 1 aliphatic heterocycles. The summed E-state index contributed by atoms with van der Waals surface area (Å²) in [4.78, 5) is 24.4. The van der Waals surface area contributed by atoms with Gasteiger partial charge in [0.25, 0.3) is 5.91 Å². The number of nitrogens with zero attached hydrogens (tertiary/aromatic N) is 1. The molecule has 0 bridgehead atoms. The smallest absolute Gasteiger partial charge is 0.255 e. The van der Waals surface area contributed by atoms with Gasteiger partial charge >= 0.3 is 0 Å². The van der Waals surface area contributed by atoms with Crippen LogP contribution in [0.1, 0.15) is 22.8 Å².